The van der Waals surface area contributed by atoms with Crippen molar-refractivity contribution < 1.29 is 17.9 Å². The number of hydrogen-bond acceptors (Lipinski definition) is 5. The standard InChI is InChI=1S/C16H26N2O4S/c1-13-6-7-15(22-3)16(11-13)23(19,20)17-12-14-5-4-8-18(14)9-10-21-2/h6-7,11,14,17H,4-5,8-10,12H2,1-3H3. The van der Waals surface area contributed by atoms with Gasteiger partial charge in [-0.25, -0.2) is 13.1 Å². The zero-order valence-electron chi connectivity index (χ0n) is 14.0. The summed E-state index contributed by atoms with van der Waals surface area (Å²) in [5, 5.41) is 0. The minimum Gasteiger partial charge on any atom is -0.495 e. The van der Waals surface area contributed by atoms with Crippen LogP contribution in [0.2, 0.25) is 0 Å². The van der Waals surface area contributed by atoms with Gasteiger partial charge in [-0.3, -0.25) is 4.90 Å². The average Bonchev–Trinajstić information content (AvgIpc) is 2.98. The highest BCUT2D eigenvalue weighted by Gasteiger charge is 2.27. The summed E-state index contributed by atoms with van der Waals surface area (Å²) < 4.78 is 38.2. The normalized spacial score (nSPS) is 19.2. The molecule has 1 atom stereocenters. The monoisotopic (exact) mass is 342 g/mol. The van der Waals surface area contributed by atoms with Crippen LogP contribution in [0.3, 0.4) is 0 Å². The van der Waals surface area contributed by atoms with Crippen molar-refractivity contribution >= 4 is 10.0 Å². The molecule has 0 bridgehead atoms. The molecular weight excluding hydrogens is 316 g/mol. The number of aryl methyl sites for hydroxylation is 1. The lowest BCUT2D eigenvalue weighted by molar-refractivity contribution is 0.141. The number of likely N-dealkylation sites (tertiary alicyclic amines) is 1. The number of benzene rings is 1. The summed E-state index contributed by atoms with van der Waals surface area (Å²) in [5.74, 6) is 0.366. The molecule has 1 saturated heterocycles. The van der Waals surface area contributed by atoms with Gasteiger partial charge in [-0.1, -0.05) is 6.07 Å². The fraction of sp³-hybridized carbons (Fsp3) is 0.625. The first-order valence-corrected chi connectivity index (χ1v) is 9.33. The molecule has 0 aliphatic carbocycles. The van der Waals surface area contributed by atoms with Crippen LogP contribution in [0.4, 0.5) is 0 Å². The highest BCUT2D eigenvalue weighted by molar-refractivity contribution is 7.89. The van der Waals surface area contributed by atoms with Crippen LogP contribution in [-0.4, -0.2) is 59.8 Å². The molecule has 0 amide bonds. The lowest BCUT2D eigenvalue weighted by Gasteiger charge is -2.24. The van der Waals surface area contributed by atoms with Crippen LogP contribution in [0.1, 0.15) is 18.4 Å². The van der Waals surface area contributed by atoms with Crippen LogP contribution in [0.15, 0.2) is 23.1 Å². The van der Waals surface area contributed by atoms with Crippen molar-refractivity contribution in [3.05, 3.63) is 23.8 Å². The van der Waals surface area contributed by atoms with Crippen molar-refractivity contribution in [2.45, 2.75) is 30.7 Å². The van der Waals surface area contributed by atoms with E-state index in [0.29, 0.717) is 18.9 Å². The van der Waals surface area contributed by atoms with Crippen LogP contribution in [0.5, 0.6) is 5.75 Å². The van der Waals surface area contributed by atoms with E-state index in [9.17, 15) is 8.42 Å². The molecule has 1 aromatic rings. The maximum atomic E-state index is 12.6. The quantitative estimate of drug-likeness (QED) is 0.773. The van der Waals surface area contributed by atoms with E-state index in [1.165, 1.54) is 7.11 Å². The fourth-order valence-electron chi connectivity index (χ4n) is 2.91. The number of hydrogen-bond donors (Lipinski definition) is 1. The Kier molecular flexibility index (Phi) is 6.41. The van der Waals surface area contributed by atoms with Crippen molar-refractivity contribution in [2.75, 3.05) is 40.5 Å². The number of ether oxygens (including phenoxy) is 2. The second kappa shape index (κ2) is 8.10. The Labute approximate surface area is 138 Å². The van der Waals surface area contributed by atoms with Gasteiger partial charge < -0.3 is 9.47 Å². The summed E-state index contributed by atoms with van der Waals surface area (Å²) in [6.45, 7) is 4.75. The number of rotatable bonds is 8. The van der Waals surface area contributed by atoms with Crippen molar-refractivity contribution in [2.24, 2.45) is 0 Å². The number of sulfonamides is 1. The van der Waals surface area contributed by atoms with Crippen LogP contribution < -0.4 is 9.46 Å². The largest absolute Gasteiger partial charge is 0.495 e. The van der Waals surface area contributed by atoms with Crippen LogP contribution in [0, 0.1) is 6.92 Å². The predicted molar refractivity (Wildman–Crippen MR) is 89.4 cm³/mol. The number of nitrogens with zero attached hydrogens (tertiary/aromatic N) is 1. The van der Waals surface area contributed by atoms with Gasteiger partial charge in [0, 0.05) is 26.2 Å². The molecule has 23 heavy (non-hydrogen) atoms. The molecule has 1 fully saturated rings. The summed E-state index contributed by atoms with van der Waals surface area (Å²) in [7, 11) is -0.432. The first kappa shape index (κ1) is 18.2. The molecule has 1 N–H and O–H groups in total. The van der Waals surface area contributed by atoms with E-state index in [1.54, 1.807) is 19.2 Å². The molecule has 130 valence electrons. The molecule has 7 heteroatoms. The molecule has 1 aliphatic heterocycles. The summed E-state index contributed by atoms with van der Waals surface area (Å²) in [5.41, 5.74) is 0.883. The molecule has 0 radical (unpaired) electrons. The van der Waals surface area contributed by atoms with E-state index in [1.807, 2.05) is 13.0 Å². The molecule has 0 saturated carbocycles. The number of methoxy groups -OCH3 is 2. The highest BCUT2D eigenvalue weighted by Crippen LogP contribution is 2.25. The Balaban J connectivity index is 2.05. The fourth-order valence-corrected chi connectivity index (χ4v) is 4.23. The smallest absolute Gasteiger partial charge is 0.244 e. The van der Waals surface area contributed by atoms with E-state index in [4.69, 9.17) is 9.47 Å². The lowest BCUT2D eigenvalue weighted by Crippen LogP contribution is -2.41. The van der Waals surface area contributed by atoms with E-state index < -0.39 is 10.0 Å². The second-order valence-corrected chi connectivity index (χ2v) is 7.57. The van der Waals surface area contributed by atoms with Gasteiger partial charge in [0.1, 0.15) is 10.6 Å². The molecule has 0 spiro atoms. The molecule has 2 rings (SSSR count). The lowest BCUT2D eigenvalue weighted by atomic mass is 10.2. The van der Waals surface area contributed by atoms with E-state index in [2.05, 4.69) is 9.62 Å². The molecule has 1 aromatic carbocycles. The third-order valence-corrected chi connectivity index (χ3v) is 5.64. The van der Waals surface area contributed by atoms with Gasteiger partial charge in [-0.15, -0.1) is 0 Å². The Bertz CT molecular complexity index is 619. The zero-order valence-corrected chi connectivity index (χ0v) is 14.9. The van der Waals surface area contributed by atoms with Crippen LogP contribution in [0.25, 0.3) is 0 Å². The molecule has 6 nitrogen and oxygen atoms in total. The molecule has 1 aliphatic rings. The molecular formula is C16H26N2O4S. The molecule has 1 heterocycles. The average molecular weight is 342 g/mol. The Hall–Kier alpha value is -1.15. The Morgan fingerprint density at radius 3 is 2.83 bits per heavy atom. The topological polar surface area (TPSA) is 67.9 Å². The minimum absolute atomic E-state index is 0.196. The third kappa shape index (κ3) is 4.67. The van der Waals surface area contributed by atoms with Gasteiger partial charge in [0.15, 0.2) is 0 Å². The highest BCUT2D eigenvalue weighted by atomic mass is 32.2. The summed E-state index contributed by atoms with van der Waals surface area (Å²) in [6.07, 6.45) is 2.08. The van der Waals surface area contributed by atoms with Crippen molar-refractivity contribution in [3.63, 3.8) is 0 Å². The maximum absolute atomic E-state index is 12.6. The van der Waals surface area contributed by atoms with Crippen LogP contribution >= 0.6 is 0 Å². The molecule has 0 aromatic heterocycles. The first-order chi connectivity index (χ1) is 11.0. The minimum atomic E-state index is -3.59. The van der Waals surface area contributed by atoms with Gasteiger partial charge in [-0.05, 0) is 44.0 Å². The summed E-state index contributed by atoms with van der Waals surface area (Å²) in [6, 6.07) is 5.38. The zero-order chi connectivity index (χ0) is 16.9. The van der Waals surface area contributed by atoms with E-state index >= 15 is 0 Å². The SMILES string of the molecule is COCCN1CCCC1CNS(=O)(=O)c1cc(C)ccc1OC. The number of nitrogens with one attached hydrogen (secondary N) is 1. The van der Waals surface area contributed by atoms with E-state index in [0.717, 1.165) is 31.5 Å². The second-order valence-electron chi connectivity index (χ2n) is 5.83. The van der Waals surface area contributed by atoms with Crippen LogP contribution in [-0.2, 0) is 14.8 Å². The van der Waals surface area contributed by atoms with E-state index in [-0.39, 0.29) is 10.9 Å². The Morgan fingerprint density at radius 2 is 2.13 bits per heavy atom. The van der Waals surface area contributed by atoms with Gasteiger partial charge >= 0.3 is 0 Å². The summed E-state index contributed by atoms with van der Waals surface area (Å²) in [4.78, 5) is 2.47. The first-order valence-electron chi connectivity index (χ1n) is 7.85. The van der Waals surface area contributed by atoms with Gasteiger partial charge in [0.25, 0.3) is 0 Å². The summed E-state index contributed by atoms with van der Waals surface area (Å²) >= 11 is 0. The Morgan fingerprint density at radius 1 is 1.35 bits per heavy atom. The van der Waals surface area contributed by atoms with Crippen molar-refractivity contribution in [1.29, 1.82) is 0 Å². The van der Waals surface area contributed by atoms with Gasteiger partial charge in [0.2, 0.25) is 10.0 Å². The van der Waals surface area contributed by atoms with Crippen molar-refractivity contribution in [3.8, 4) is 5.75 Å². The third-order valence-electron chi connectivity index (χ3n) is 4.20. The predicted octanol–water partition coefficient (Wildman–Crippen LogP) is 1.39. The molecule has 1 unspecified atom stereocenters. The maximum Gasteiger partial charge on any atom is 0.244 e. The van der Waals surface area contributed by atoms with Crippen molar-refractivity contribution in [1.82, 2.24) is 9.62 Å². The van der Waals surface area contributed by atoms with Gasteiger partial charge in [-0.2, -0.15) is 0 Å². The van der Waals surface area contributed by atoms with Gasteiger partial charge in [0.05, 0.1) is 13.7 Å².